The molecular formula is C23H37FO2. The SMILES string of the molecule is CCCCCCCCCCCCCCCCc1cccc(C(=O)O)c1F. The highest BCUT2D eigenvalue weighted by molar-refractivity contribution is 5.88. The first-order valence-electron chi connectivity index (χ1n) is 10.7. The van der Waals surface area contributed by atoms with Gasteiger partial charge in [-0.1, -0.05) is 103 Å². The number of carboxylic acids is 1. The number of aromatic carboxylic acids is 1. The van der Waals surface area contributed by atoms with Crippen LogP contribution < -0.4 is 0 Å². The highest BCUT2D eigenvalue weighted by atomic mass is 19.1. The summed E-state index contributed by atoms with van der Waals surface area (Å²) in [6.45, 7) is 2.26. The number of benzene rings is 1. The van der Waals surface area contributed by atoms with Gasteiger partial charge >= 0.3 is 5.97 Å². The smallest absolute Gasteiger partial charge is 0.338 e. The number of carboxylic acid groups (broad SMARTS) is 1. The second-order valence-electron chi connectivity index (χ2n) is 7.43. The van der Waals surface area contributed by atoms with Gasteiger partial charge in [-0.2, -0.15) is 0 Å². The number of carbonyl (C=O) groups is 1. The summed E-state index contributed by atoms with van der Waals surface area (Å²) in [6, 6.07) is 4.65. The number of unbranched alkanes of at least 4 members (excludes halogenated alkanes) is 13. The number of hydrogen-bond acceptors (Lipinski definition) is 1. The van der Waals surface area contributed by atoms with E-state index in [1.807, 2.05) is 0 Å². The lowest BCUT2D eigenvalue weighted by Gasteiger charge is -2.06. The van der Waals surface area contributed by atoms with Gasteiger partial charge in [-0.25, -0.2) is 9.18 Å². The summed E-state index contributed by atoms with van der Waals surface area (Å²) < 4.78 is 14.0. The molecule has 148 valence electrons. The van der Waals surface area contributed by atoms with Crippen LogP contribution in [0.3, 0.4) is 0 Å². The van der Waals surface area contributed by atoms with Crippen LogP contribution in [0, 0.1) is 5.82 Å². The van der Waals surface area contributed by atoms with Crippen LogP contribution in [0.1, 0.15) is 113 Å². The summed E-state index contributed by atoms with van der Waals surface area (Å²) in [5, 5.41) is 8.94. The van der Waals surface area contributed by atoms with Crippen molar-refractivity contribution in [2.45, 2.75) is 103 Å². The van der Waals surface area contributed by atoms with E-state index in [0.717, 1.165) is 12.8 Å². The Morgan fingerprint density at radius 2 is 1.27 bits per heavy atom. The van der Waals surface area contributed by atoms with Gasteiger partial charge in [0.25, 0.3) is 0 Å². The van der Waals surface area contributed by atoms with Crippen molar-refractivity contribution in [3.8, 4) is 0 Å². The zero-order valence-corrected chi connectivity index (χ0v) is 16.6. The maximum Gasteiger partial charge on any atom is 0.338 e. The molecule has 0 fully saturated rings. The Kier molecular flexibility index (Phi) is 12.9. The van der Waals surface area contributed by atoms with E-state index in [2.05, 4.69) is 6.92 Å². The molecule has 26 heavy (non-hydrogen) atoms. The van der Waals surface area contributed by atoms with E-state index < -0.39 is 11.8 Å². The third kappa shape index (κ3) is 9.94. The molecule has 0 saturated heterocycles. The van der Waals surface area contributed by atoms with Crippen molar-refractivity contribution in [3.63, 3.8) is 0 Å². The van der Waals surface area contributed by atoms with Crippen molar-refractivity contribution in [1.29, 1.82) is 0 Å². The second-order valence-corrected chi connectivity index (χ2v) is 7.43. The van der Waals surface area contributed by atoms with Crippen molar-refractivity contribution < 1.29 is 14.3 Å². The van der Waals surface area contributed by atoms with E-state index in [1.165, 1.54) is 83.1 Å². The first-order chi connectivity index (χ1) is 12.7. The van der Waals surface area contributed by atoms with Crippen molar-refractivity contribution in [3.05, 3.63) is 35.1 Å². The molecule has 0 spiro atoms. The van der Waals surface area contributed by atoms with Crippen LogP contribution >= 0.6 is 0 Å². The van der Waals surface area contributed by atoms with Crippen molar-refractivity contribution in [2.24, 2.45) is 0 Å². The average Bonchev–Trinajstić information content (AvgIpc) is 2.63. The summed E-state index contributed by atoms with van der Waals surface area (Å²) in [7, 11) is 0. The van der Waals surface area contributed by atoms with Crippen LogP contribution in [0.15, 0.2) is 18.2 Å². The van der Waals surface area contributed by atoms with Gasteiger partial charge in [0.05, 0.1) is 5.56 Å². The van der Waals surface area contributed by atoms with E-state index in [4.69, 9.17) is 5.11 Å². The van der Waals surface area contributed by atoms with Crippen LogP contribution in [-0.4, -0.2) is 11.1 Å². The van der Waals surface area contributed by atoms with Gasteiger partial charge in [-0.15, -0.1) is 0 Å². The van der Waals surface area contributed by atoms with E-state index in [0.29, 0.717) is 12.0 Å². The monoisotopic (exact) mass is 364 g/mol. The van der Waals surface area contributed by atoms with Crippen LogP contribution in [0.2, 0.25) is 0 Å². The van der Waals surface area contributed by atoms with E-state index in [1.54, 1.807) is 12.1 Å². The predicted molar refractivity (Wildman–Crippen MR) is 107 cm³/mol. The largest absolute Gasteiger partial charge is 0.478 e. The van der Waals surface area contributed by atoms with Gasteiger partial charge in [-0.05, 0) is 24.5 Å². The third-order valence-corrected chi connectivity index (χ3v) is 5.11. The van der Waals surface area contributed by atoms with E-state index in [-0.39, 0.29) is 5.56 Å². The molecule has 1 N–H and O–H groups in total. The predicted octanol–water partition coefficient (Wildman–Crippen LogP) is 7.55. The molecule has 3 heteroatoms. The Labute approximate surface area is 159 Å². The zero-order valence-electron chi connectivity index (χ0n) is 16.6. The van der Waals surface area contributed by atoms with Crippen molar-refractivity contribution in [2.75, 3.05) is 0 Å². The molecule has 1 rings (SSSR count). The number of halogens is 1. The molecule has 0 amide bonds. The molecule has 0 heterocycles. The van der Waals surface area contributed by atoms with Gasteiger partial charge < -0.3 is 5.11 Å². The lowest BCUT2D eigenvalue weighted by molar-refractivity contribution is 0.0691. The molecule has 1 aromatic carbocycles. The molecule has 2 nitrogen and oxygen atoms in total. The minimum Gasteiger partial charge on any atom is -0.478 e. The van der Waals surface area contributed by atoms with Crippen molar-refractivity contribution in [1.82, 2.24) is 0 Å². The van der Waals surface area contributed by atoms with E-state index in [9.17, 15) is 9.18 Å². The highest BCUT2D eigenvalue weighted by Gasteiger charge is 2.13. The minimum absolute atomic E-state index is 0.215. The van der Waals surface area contributed by atoms with Gasteiger partial charge in [0, 0.05) is 0 Å². The Morgan fingerprint density at radius 3 is 1.73 bits per heavy atom. The number of rotatable bonds is 16. The molecule has 0 bridgehead atoms. The topological polar surface area (TPSA) is 37.3 Å². The fourth-order valence-corrected chi connectivity index (χ4v) is 3.45. The molecule has 0 unspecified atom stereocenters. The molecule has 0 saturated carbocycles. The van der Waals surface area contributed by atoms with Crippen LogP contribution in [0.25, 0.3) is 0 Å². The average molecular weight is 365 g/mol. The van der Waals surface area contributed by atoms with Crippen LogP contribution in [0.5, 0.6) is 0 Å². The van der Waals surface area contributed by atoms with Gasteiger partial charge in [-0.3, -0.25) is 0 Å². The third-order valence-electron chi connectivity index (χ3n) is 5.11. The van der Waals surface area contributed by atoms with Crippen LogP contribution in [-0.2, 0) is 6.42 Å². The Hall–Kier alpha value is -1.38. The van der Waals surface area contributed by atoms with Gasteiger partial charge in [0.2, 0.25) is 0 Å². The molecule has 1 aromatic rings. The maximum absolute atomic E-state index is 14.0. The summed E-state index contributed by atoms with van der Waals surface area (Å²) >= 11 is 0. The van der Waals surface area contributed by atoms with Gasteiger partial charge in [0.15, 0.2) is 0 Å². The normalized spacial score (nSPS) is 11.0. The lowest BCUT2D eigenvalue weighted by atomic mass is 10.0. The summed E-state index contributed by atoms with van der Waals surface area (Å²) in [6.07, 6.45) is 18.8. The zero-order chi connectivity index (χ0) is 19.0. The van der Waals surface area contributed by atoms with E-state index >= 15 is 0 Å². The summed E-state index contributed by atoms with van der Waals surface area (Å²) in [5.74, 6) is -1.75. The molecule has 0 aliphatic rings. The lowest BCUT2D eigenvalue weighted by Crippen LogP contribution is -2.03. The second kappa shape index (κ2) is 14.8. The fraction of sp³-hybridized carbons (Fsp3) is 0.696. The molecule has 0 aromatic heterocycles. The minimum atomic E-state index is -1.19. The Balaban J connectivity index is 1.96. The first-order valence-corrected chi connectivity index (χ1v) is 10.7. The standard InChI is InChI=1S/C23H37FO2/c1-2-3-4-5-6-7-8-9-10-11-12-13-14-15-17-20-18-16-19-21(22(20)24)23(25)26/h16,18-19H,2-15,17H2,1H3,(H,25,26). The quantitative estimate of drug-likeness (QED) is 0.307. The first kappa shape index (κ1) is 22.7. The molecule has 0 aliphatic heterocycles. The number of hydrogen-bond donors (Lipinski definition) is 1. The van der Waals surface area contributed by atoms with Crippen molar-refractivity contribution >= 4 is 5.97 Å². The maximum atomic E-state index is 14.0. The molecule has 0 atom stereocenters. The molecule has 0 radical (unpaired) electrons. The summed E-state index contributed by atoms with van der Waals surface area (Å²) in [5.41, 5.74) is 0.316. The summed E-state index contributed by atoms with van der Waals surface area (Å²) in [4.78, 5) is 10.9. The molecule has 0 aliphatic carbocycles. The van der Waals surface area contributed by atoms with Crippen LogP contribution in [0.4, 0.5) is 4.39 Å². The number of aryl methyl sites for hydroxylation is 1. The molecular weight excluding hydrogens is 327 g/mol. The Morgan fingerprint density at radius 1 is 0.808 bits per heavy atom. The Bertz CT molecular complexity index is 499. The van der Waals surface area contributed by atoms with Gasteiger partial charge in [0.1, 0.15) is 5.82 Å². The highest BCUT2D eigenvalue weighted by Crippen LogP contribution is 2.17. The fourth-order valence-electron chi connectivity index (χ4n) is 3.45.